The molecule has 2 unspecified atom stereocenters. The van der Waals surface area contributed by atoms with Crippen LogP contribution in [0.4, 0.5) is 0 Å². The molecule has 0 fully saturated rings. The number of rotatable bonds is 8. The van der Waals surface area contributed by atoms with Crippen molar-refractivity contribution >= 4 is 0 Å². The number of aromatic nitrogens is 1. The second kappa shape index (κ2) is 8.25. The Bertz CT molecular complexity index is 345. The first-order valence-electron chi connectivity index (χ1n) is 6.98. The average molecular weight is 266 g/mol. The van der Waals surface area contributed by atoms with Gasteiger partial charge in [0.25, 0.3) is 0 Å². The highest BCUT2D eigenvalue weighted by Crippen LogP contribution is 2.15. The van der Waals surface area contributed by atoms with Crippen molar-refractivity contribution < 1.29 is 9.84 Å². The van der Waals surface area contributed by atoms with Gasteiger partial charge in [-0.05, 0) is 38.9 Å². The summed E-state index contributed by atoms with van der Waals surface area (Å²) in [5.41, 5.74) is 1.15. The van der Waals surface area contributed by atoms with Crippen LogP contribution in [0, 0.1) is 0 Å². The third kappa shape index (κ3) is 4.90. The number of nitrogens with zero attached hydrogens (tertiary/aromatic N) is 2. The standard InChI is InChI=1S/C15H26N2O2/c1-5-14(15(18)12(3)19-6-2)17(4)11-13-8-7-9-16-10-13/h7-10,12,14-15,18H,5-6,11H2,1-4H3/t12-,14?,15?/m0/s1. The summed E-state index contributed by atoms with van der Waals surface area (Å²) in [7, 11) is 2.03. The van der Waals surface area contributed by atoms with Crippen molar-refractivity contribution in [1.82, 2.24) is 9.88 Å². The summed E-state index contributed by atoms with van der Waals surface area (Å²) >= 11 is 0. The molecule has 0 amide bonds. The van der Waals surface area contributed by atoms with Crippen molar-refractivity contribution in [3.05, 3.63) is 30.1 Å². The Balaban J connectivity index is 2.63. The molecule has 1 heterocycles. The van der Waals surface area contributed by atoms with E-state index in [9.17, 15) is 5.11 Å². The van der Waals surface area contributed by atoms with Crippen molar-refractivity contribution in [2.75, 3.05) is 13.7 Å². The summed E-state index contributed by atoms with van der Waals surface area (Å²) in [5, 5.41) is 10.4. The molecule has 1 rings (SSSR count). The largest absolute Gasteiger partial charge is 0.389 e. The summed E-state index contributed by atoms with van der Waals surface area (Å²) < 4.78 is 5.50. The Morgan fingerprint density at radius 1 is 1.42 bits per heavy atom. The van der Waals surface area contributed by atoms with Gasteiger partial charge in [0, 0.05) is 31.6 Å². The molecule has 4 heteroatoms. The second-order valence-corrected chi connectivity index (χ2v) is 4.90. The fourth-order valence-corrected chi connectivity index (χ4v) is 2.39. The van der Waals surface area contributed by atoms with Gasteiger partial charge >= 0.3 is 0 Å². The van der Waals surface area contributed by atoms with Gasteiger partial charge in [-0.15, -0.1) is 0 Å². The number of hydrogen-bond donors (Lipinski definition) is 1. The van der Waals surface area contributed by atoms with Gasteiger partial charge in [0.15, 0.2) is 0 Å². The second-order valence-electron chi connectivity index (χ2n) is 4.90. The van der Waals surface area contributed by atoms with E-state index in [4.69, 9.17) is 4.74 Å². The van der Waals surface area contributed by atoms with E-state index < -0.39 is 6.10 Å². The maximum Gasteiger partial charge on any atom is 0.0953 e. The summed E-state index contributed by atoms with van der Waals surface area (Å²) in [6.45, 7) is 7.37. The van der Waals surface area contributed by atoms with Crippen molar-refractivity contribution in [3.63, 3.8) is 0 Å². The summed E-state index contributed by atoms with van der Waals surface area (Å²) in [5.74, 6) is 0. The van der Waals surface area contributed by atoms with Crippen molar-refractivity contribution in [2.24, 2.45) is 0 Å². The zero-order valence-electron chi connectivity index (χ0n) is 12.4. The molecule has 0 aromatic carbocycles. The van der Waals surface area contributed by atoms with E-state index in [0.717, 1.165) is 18.5 Å². The van der Waals surface area contributed by atoms with Crippen LogP contribution in [0.1, 0.15) is 32.8 Å². The Labute approximate surface area is 116 Å². The highest BCUT2D eigenvalue weighted by Gasteiger charge is 2.27. The topological polar surface area (TPSA) is 45.6 Å². The third-order valence-electron chi connectivity index (χ3n) is 3.44. The summed E-state index contributed by atoms with van der Waals surface area (Å²) in [6.07, 6.45) is 3.89. The molecule has 0 saturated carbocycles. The monoisotopic (exact) mass is 266 g/mol. The molecule has 0 bridgehead atoms. The summed E-state index contributed by atoms with van der Waals surface area (Å²) in [6, 6.07) is 4.07. The van der Waals surface area contributed by atoms with Crippen LogP contribution in [-0.4, -0.2) is 46.9 Å². The minimum Gasteiger partial charge on any atom is -0.389 e. The molecule has 0 aliphatic heterocycles. The Morgan fingerprint density at radius 2 is 2.16 bits per heavy atom. The van der Waals surface area contributed by atoms with E-state index in [1.54, 1.807) is 6.20 Å². The predicted octanol–water partition coefficient (Wildman–Crippen LogP) is 2.08. The molecule has 0 spiro atoms. The van der Waals surface area contributed by atoms with Crippen LogP contribution in [0.2, 0.25) is 0 Å². The molecule has 19 heavy (non-hydrogen) atoms. The highest BCUT2D eigenvalue weighted by atomic mass is 16.5. The number of likely N-dealkylation sites (N-methyl/N-ethyl adjacent to an activating group) is 1. The van der Waals surface area contributed by atoms with Crippen LogP contribution in [0.15, 0.2) is 24.5 Å². The van der Waals surface area contributed by atoms with E-state index in [1.807, 2.05) is 33.2 Å². The highest BCUT2D eigenvalue weighted by molar-refractivity contribution is 5.08. The van der Waals surface area contributed by atoms with E-state index in [0.29, 0.717) is 6.61 Å². The van der Waals surface area contributed by atoms with E-state index in [-0.39, 0.29) is 12.1 Å². The molecule has 0 saturated heterocycles. The normalized spacial score (nSPS) is 16.3. The maximum absolute atomic E-state index is 10.4. The zero-order chi connectivity index (χ0) is 14.3. The minimum absolute atomic E-state index is 0.0850. The molecular formula is C15H26N2O2. The molecule has 3 atom stereocenters. The van der Waals surface area contributed by atoms with Gasteiger partial charge in [-0.3, -0.25) is 9.88 Å². The average Bonchev–Trinajstić information content (AvgIpc) is 2.40. The van der Waals surface area contributed by atoms with Crippen molar-refractivity contribution in [2.45, 2.75) is 52.0 Å². The lowest BCUT2D eigenvalue weighted by Crippen LogP contribution is -2.46. The first kappa shape index (κ1) is 16.1. The SMILES string of the molecule is CCO[C@@H](C)C(O)C(CC)N(C)Cc1cccnc1. The molecule has 108 valence electrons. The Morgan fingerprint density at radius 3 is 2.68 bits per heavy atom. The van der Waals surface area contributed by atoms with Gasteiger partial charge in [0.2, 0.25) is 0 Å². The van der Waals surface area contributed by atoms with E-state index in [1.165, 1.54) is 0 Å². The molecule has 0 aliphatic carbocycles. The lowest BCUT2D eigenvalue weighted by Gasteiger charge is -2.34. The van der Waals surface area contributed by atoms with Gasteiger partial charge in [0.05, 0.1) is 12.2 Å². The predicted molar refractivity (Wildman–Crippen MR) is 76.9 cm³/mol. The van der Waals surface area contributed by atoms with Crippen LogP contribution in [-0.2, 0) is 11.3 Å². The van der Waals surface area contributed by atoms with Gasteiger partial charge in [0.1, 0.15) is 0 Å². The molecule has 1 aromatic rings. The third-order valence-corrected chi connectivity index (χ3v) is 3.44. The van der Waals surface area contributed by atoms with Gasteiger partial charge in [-0.2, -0.15) is 0 Å². The summed E-state index contributed by atoms with van der Waals surface area (Å²) in [4.78, 5) is 6.28. The van der Waals surface area contributed by atoms with Gasteiger partial charge < -0.3 is 9.84 Å². The smallest absolute Gasteiger partial charge is 0.0953 e. The van der Waals surface area contributed by atoms with Crippen LogP contribution >= 0.6 is 0 Å². The van der Waals surface area contributed by atoms with Crippen LogP contribution < -0.4 is 0 Å². The van der Waals surface area contributed by atoms with Crippen LogP contribution in [0.3, 0.4) is 0 Å². The maximum atomic E-state index is 10.4. The Hall–Kier alpha value is -0.970. The number of ether oxygens (including phenoxy) is 1. The minimum atomic E-state index is -0.480. The van der Waals surface area contributed by atoms with E-state index in [2.05, 4.69) is 22.9 Å². The van der Waals surface area contributed by atoms with Crippen molar-refractivity contribution in [3.8, 4) is 0 Å². The number of aliphatic hydroxyl groups is 1. The van der Waals surface area contributed by atoms with Gasteiger partial charge in [-0.25, -0.2) is 0 Å². The fourth-order valence-electron chi connectivity index (χ4n) is 2.39. The molecular weight excluding hydrogens is 240 g/mol. The Kier molecular flexibility index (Phi) is 6.99. The lowest BCUT2D eigenvalue weighted by molar-refractivity contribution is -0.0609. The fraction of sp³-hybridized carbons (Fsp3) is 0.667. The first-order chi connectivity index (χ1) is 9.10. The zero-order valence-corrected chi connectivity index (χ0v) is 12.4. The molecule has 1 N–H and O–H groups in total. The number of pyridine rings is 1. The molecule has 0 radical (unpaired) electrons. The first-order valence-corrected chi connectivity index (χ1v) is 6.98. The van der Waals surface area contributed by atoms with Crippen molar-refractivity contribution in [1.29, 1.82) is 0 Å². The van der Waals surface area contributed by atoms with E-state index >= 15 is 0 Å². The molecule has 4 nitrogen and oxygen atoms in total. The van der Waals surface area contributed by atoms with Gasteiger partial charge in [-0.1, -0.05) is 13.0 Å². The number of aliphatic hydroxyl groups excluding tert-OH is 1. The quantitative estimate of drug-likeness (QED) is 0.782. The number of hydrogen-bond acceptors (Lipinski definition) is 4. The van der Waals surface area contributed by atoms with Crippen LogP contribution in [0.25, 0.3) is 0 Å². The molecule has 0 aliphatic rings. The molecule has 1 aromatic heterocycles. The van der Waals surface area contributed by atoms with Crippen LogP contribution in [0.5, 0.6) is 0 Å². The lowest BCUT2D eigenvalue weighted by atomic mass is 10.0.